The van der Waals surface area contributed by atoms with Crippen molar-refractivity contribution < 1.29 is 0 Å². The van der Waals surface area contributed by atoms with Crippen LogP contribution in [0.5, 0.6) is 0 Å². The lowest BCUT2D eigenvalue weighted by Gasteiger charge is -2.03. The van der Waals surface area contributed by atoms with E-state index in [2.05, 4.69) is 0 Å². The van der Waals surface area contributed by atoms with E-state index < -0.39 is 0 Å². The number of rotatable bonds is 2. The van der Waals surface area contributed by atoms with Gasteiger partial charge < -0.3 is 0 Å². The predicted octanol–water partition coefficient (Wildman–Crippen LogP) is 4.11. The molecule has 0 spiro atoms. The highest BCUT2D eigenvalue weighted by Crippen LogP contribution is 2.23. The lowest BCUT2D eigenvalue weighted by atomic mass is 10.1. The van der Waals surface area contributed by atoms with E-state index >= 15 is 0 Å². The molecule has 1 unspecified atom stereocenters. The maximum Gasteiger partial charge on any atom is 0.0780 e. The van der Waals surface area contributed by atoms with Gasteiger partial charge in [0.2, 0.25) is 0 Å². The molecule has 0 aliphatic heterocycles. The summed E-state index contributed by atoms with van der Waals surface area (Å²) in [6.45, 7) is 1.82. The van der Waals surface area contributed by atoms with Gasteiger partial charge in [0.1, 0.15) is 0 Å². The summed E-state index contributed by atoms with van der Waals surface area (Å²) in [4.78, 5) is 0. The van der Waals surface area contributed by atoms with Crippen molar-refractivity contribution in [2.24, 2.45) is 0 Å². The van der Waals surface area contributed by atoms with E-state index in [0.717, 1.165) is 10.6 Å². The fraction of sp³-hybridized carbons (Fsp3) is 0.200. The van der Waals surface area contributed by atoms with Gasteiger partial charge in [0.05, 0.1) is 5.38 Å². The molecule has 0 fully saturated rings. The van der Waals surface area contributed by atoms with Crippen LogP contribution in [-0.4, -0.2) is 0 Å². The second kappa shape index (κ2) is 4.54. The van der Waals surface area contributed by atoms with Crippen molar-refractivity contribution in [3.8, 4) is 0 Å². The Morgan fingerprint density at radius 3 is 2.42 bits per heavy atom. The van der Waals surface area contributed by atoms with E-state index in [1.165, 1.54) is 0 Å². The van der Waals surface area contributed by atoms with Crippen LogP contribution < -0.4 is 0 Å². The lowest BCUT2D eigenvalue weighted by molar-refractivity contribution is 1.20. The summed E-state index contributed by atoms with van der Waals surface area (Å²) in [5.41, 5.74) is 1.07. The number of halogens is 2. The SMILES string of the molecule is CC(Cl)=CC(Cl)c1ccccc1. The van der Waals surface area contributed by atoms with Crippen LogP contribution in [0.3, 0.4) is 0 Å². The molecule has 12 heavy (non-hydrogen) atoms. The fourth-order valence-electron chi connectivity index (χ4n) is 0.935. The first-order valence-electron chi connectivity index (χ1n) is 3.73. The monoisotopic (exact) mass is 200 g/mol. The van der Waals surface area contributed by atoms with Crippen LogP contribution in [0.1, 0.15) is 17.9 Å². The topological polar surface area (TPSA) is 0 Å². The molecular formula is C10H10Cl2. The molecular weight excluding hydrogens is 191 g/mol. The summed E-state index contributed by atoms with van der Waals surface area (Å²) < 4.78 is 0. The zero-order valence-corrected chi connectivity index (χ0v) is 8.31. The Morgan fingerprint density at radius 2 is 1.92 bits per heavy atom. The summed E-state index contributed by atoms with van der Waals surface area (Å²) in [6, 6.07) is 9.84. The van der Waals surface area contributed by atoms with E-state index in [9.17, 15) is 0 Å². The molecule has 64 valence electrons. The minimum absolute atomic E-state index is 0.122. The molecule has 0 saturated carbocycles. The molecule has 0 saturated heterocycles. The summed E-state index contributed by atoms with van der Waals surface area (Å²) in [7, 11) is 0. The molecule has 0 aliphatic rings. The molecule has 1 aromatic rings. The van der Waals surface area contributed by atoms with E-state index in [4.69, 9.17) is 23.2 Å². The largest absolute Gasteiger partial charge is 0.113 e. The molecule has 0 heterocycles. The van der Waals surface area contributed by atoms with Crippen molar-refractivity contribution in [3.05, 3.63) is 47.0 Å². The highest BCUT2D eigenvalue weighted by atomic mass is 35.5. The quantitative estimate of drug-likeness (QED) is 0.631. The molecule has 0 amide bonds. The Balaban J connectivity index is 2.79. The second-order valence-electron chi connectivity index (χ2n) is 2.57. The lowest BCUT2D eigenvalue weighted by Crippen LogP contribution is -1.84. The highest BCUT2D eigenvalue weighted by Gasteiger charge is 2.02. The van der Waals surface area contributed by atoms with Gasteiger partial charge in [-0.05, 0) is 18.6 Å². The molecule has 1 atom stereocenters. The first-order chi connectivity index (χ1) is 5.70. The average molecular weight is 201 g/mol. The average Bonchev–Trinajstić information content (AvgIpc) is 2.05. The first kappa shape index (κ1) is 9.63. The minimum Gasteiger partial charge on any atom is -0.113 e. The van der Waals surface area contributed by atoms with Gasteiger partial charge in [-0.2, -0.15) is 0 Å². The fourth-order valence-corrected chi connectivity index (χ4v) is 1.46. The molecule has 2 heteroatoms. The minimum atomic E-state index is -0.122. The second-order valence-corrected chi connectivity index (χ2v) is 3.63. The van der Waals surface area contributed by atoms with Gasteiger partial charge in [0.25, 0.3) is 0 Å². The van der Waals surface area contributed by atoms with Crippen LogP contribution in [0.4, 0.5) is 0 Å². The normalized spacial score (nSPS) is 14.4. The van der Waals surface area contributed by atoms with E-state index in [0.29, 0.717) is 0 Å². The maximum absolute atomic E-state index is 6.04. The molecule has 0 bridgehead atoms. The third-order valence-corrected chi connectivity index (χ3v) is 2.00. The number of allylic oxidation sites excluding steroid dienone is 2. The molecule has 0 aromatic heterocycles. The van der Waals surface area contributed by atoms with Crippen molar-refractivity contribution in [2.45, 2.75) is 12.3 Å². The Kier molecular flexibility index (Phi) is 3.64. The van der Waals surface area contributed by atoms with E-state index in [-0.39, 0.29) is 5.38 Å². The van der Waals surface area contributed by atoms with E-state index in [1.807, 2.05) is 43.3 Å². The van der Waals surface area contributed by atoms with Gasteiger partial charge in [-0.25, -0.2) is 0 Å². The Hall–Kier alpha value is -0.460. The summed E-state index contributed by atoms with van der Waals surface area (Å²) in [6.07, 6.45) is 1.82. The highest BCUT2D eigenvalue weighted by molar-refractivity contribution is 6.30. The Morgan fingerprint density at radius 1 is 1.33 bits per heavy atom. The van der Waals surface area contributed by atoms with Crippen LogP contribution >= 0.6 is 23.2 Å². The van der Waals surface area contributed by atoms with Crippen molar-refractivity contribution in [3.63, 3.8) is 0 Å². The summed E-state index contributed by atoms with van der Waals surface area (Å²) in [5, 5.41) is 0.600. The van der Waals surface area contributed by atoms with Crippen LogP contribution in [0, 0.1) is 0 Å². The van der Waals surface area contributed by atoms with Gasteiger partial charge in [0, 0.05) is 5.03 Å². The molecule has 1 rings (SSSR count). The Bertz CT molecular complexity index is 260. The number of benzene rings is 1. The van der Waals surface area contributed by atoms with Gasteiger partial charge in [-0.15, -0.1) is 11.6 Å². The van der Waals surface area contributed by atoms with Crippen LogP contribution in [0.15, 0.2) is 41.4 Å². The zero-order valence-electron chi connectivity index (χ0n) is 6.80. The van der Waals surface area contributed by atoms with Crippen molar-refractivity contribution >= 4 is 23.2 Å². The zero-order chi connectivity index (χ0) is 8.97. The summed E-state index contributed by atoms with van der Waals surface area (Å²) >= 11 is 11.7. The van der Waals surface area contributed by atoms with E-state index in [1.54, 1.807) is 0 Å². The maximum atomic E-state index is 6.04. The Labute approximate surface area is 82.8 Å². The third kappa shape index (κ3) is 2.88. The predicted molar refractivity (Wildman–Crippen MR) is 54.6 cm³/mol. The van der Waals surface area contributed by atoms with Crippen LogP contribution in [-0.2, 0) is 0 Å². The van der Waals surface area contributed by atoms with Crippen LogP contribution in [0.25, 0.3) is 0 Å². The molecule has 1 aromatic carbocycles. The summed E-state index contributed by atoms with van der Waals surface area (Å²) in [5.74, 6) is 0. The van der Waals surface area contributed by atoms with Gasteiger partial charge in [-0.1, -0.05) is 41.9 Å². The molecule has 0 N–H and O–H groups in total. The van der Waals surface area contributed by atoms with Crippen molar-refractivity contribution in [1.29, 1.82) is 0 Å². The standard InChI is InChI=1S/C10H10Cl2/c1-8(11)7-10(12)9-5-3-2-4-6-9/h2-7,10H,1H3. The number of alkyl halides is 1. The van der Waals surface area contributed by atoms with Gasteiger partial charge in [-0.3, -0.25) is 0 Å². The van der Waals surface area contributed by atoms with Crippen LogP contribution in [0.2, 0.25) is 0 Å². The van der Waals surface area contributed by atoms with Gasteiger partial charge in [0.15, 0.2) is 0 Å². The first-order valence-corrected chi connectivity index (χ1v) is 4.54. The number of hydrogen-bond acceptors (Lipinski definition) is 0. The van der Waals surface area contributed by atoms with Crippen molar-refractivity contribution in [2.75, 3.05) is 0 Å². The third-order valence-electron chi connectivity index (χ3n) is 1.49. The molecule has 0 aliphatic carbocycles. The van der Waals surface area contributed by atoms with Gasteiger partial charge >= 0.3 is 0 Å². The smallest absolute Gasteiger partial charge is 0.0780 e. The molecule has 0 radical (unpaired) electrons. The van der Waals surface area contributed by atoms with Crippen molar-refractivity contribution in [1.82, 2.24) is 0 Å². The number of hydrogen-bond donors (Lipinski definition) is 0. The molecule has 0 nitrogen and oxygen atoms in total.